The molecule has 0 bridgehead atoms. The summed E-state index contributed by atoms with van der Waals surface area (Å²) in [6.45, 7) is 2.82. The number of amides is 2. The minimum Gasteiger partial charge on any atom is -0.476 e. The van der Waals surface area contributed by atoms with Crippen molar-refractivity contribution in [3.63, 3.8) is 0 Å². The van der Waals surface area contributed by atoms with Crippen LogP contribution in [0, 0.1) is 18.7 Å². The summed E-state index contributed by atoms with van der Waals surface area (Å²) < 4.78 is 88.0. The third-order valence-electron chi connectivity index (χ3n) is 6.01. The number of hydrogen-bond acceptors (Lipinski definition) is 4. The molecule has 36 heavy (non-hydrogen) atoms. The lowest BCUT2D eigenvalue weighted by Gasteiger charge is -2.35. The highest BCUT2D eigenvalue weighted by molar-refractivity contribution is 6.01. The van der Waals surface area contributed by atoms with E-state index in [9.17, 15) is 31.5 Å². The molecule has 1 saturated carbocycles. The van der Waals surface area contributed by atoms with Gasteiger partial charge < -0.3 is 19.7 Å². The summed E-state index contributed by atoms with van der Waals surface area (Å²) in [5.41, 5.74) is 0.620. The van der Waals surface area contributed by atoms with Crippen molar-refractivity contribution in [3.8, 4) is 11.5 Å². The topological polar surface area (TPSA) is 67.9 Å². The van der Waals surface area contributed by atoms with Crippen molar-refractivity contribution in [1.82, 2.24) is 0 Å². The Morgan fingerprint density at radius 1 is 1.22 bits per heavy atom. The molecule has 0 radical (unpaired) electrons. The van der Waals surface area contributed by atoms with E-state index in [0.29, 0.717) is 5.56 Å². The molecule has 0 aromatic heterocycles. The minimum atomic E-state index is -4.85. The maximum absolute atomic E-state index is 15.4. The predicted molar refractivity (Wildman–Crippen MR) is 116 cm³/mol. The van der Waals surface area contributed by atoms with Gasteiger partial charge in [-0.05, 0) is 49.1 Å². The minimum absolute atomic E-state index is 0.0837. The lowest BCUT2D eigenvalue weighted by Crippen LogP contribution is -2.44. The maximum Gasteiger partial charge on any atom is 0.573 e. The molecular weight excluding hydrogens is 494 g/mol. The van der Waals surface area contributed by atoms with Crippen molar-refractivity contribution in [2.45, 2.75) is 58.0 Å². The van der Waals surface area contributed by atoms with Crippen LogP contribution in [-0.2, 0) is 16.1 Å². The molecule has 2 amide bonds. The smallest absolute Gasteiger partial charge is 0.476 e. The number of benzene rings is 2. The molecule has 1 heterocycles. The molecule has 1 fully saturated rings. The summed E-state index contributed by atoms with van der Waals surface area (Å²) in [6.07, 6.45) is -6.90. The fraction of sp³-hybridized carbons (Fsp3) is 0.417. The summed E-state index contributed by atoms with van der Waals surface area (Å²) in [5.74, 6) is -6.01. The van der Waals surface area contributed by atoms with Crippen molar-refractivity contribution >= 4 is 23.2 Å². The van der Waals surface area contributed by atoms with E-state index in [1.165, 1.54) is 36.9 Å². The predicted octanol–water partition coefficient (Wildman–Crippen LogP) is 5.72. The fourth-order valence-electron chi connectivity index (χ4n) is 4.30. The number of alkyl halides is 5. The van der Waals surface area contributed by atoms with E-state index >= 15 is 4.39 Å². The normalized spacial score (nSPS) is 19.3. The first-order chi connectivity index (χ1) is 16.7. The van der Waals surface area contributed by atoms with Gasteiger partial charge in [0.15, 0.2) is 17.7 Å². The van der Waals surface area contributed by atoms with Crippen LogP contribution in [0.15, 0.2) is 30.3 Å². The number of rotatable bonds is 6. The van der Waals surface area contributed by atoms with Gasteiger partial charge in [0, 0.05) is 19.3 Å². The van der Waals surface area contributed by atoms with E-state index in [2.05, 4.69) is 10.1 Å². The van der Waals surface area contributed by atoms with Gasteiger partial charge in [0.2, 0.25) is 11.8 Å². The SMILES string of the molecule is Cc1cc2c(c(F)c1NC(=O)CC1CC(F)(F)C1)OC(C)C(=O)N2Cc1ccc(OC(F)(F)F)cc1. The van der Waals surface area contributed by atoms with Gasteiger partial charge in [-0.1, -0.05) is 12.1 Å². The third kappa shape index (κ3) is 5.52. The second-order valence-corrected chi connectivity index (χ2v) is 8.99. The van der Waals surface area contributed by atoms with Gasteiger partial charge in [-0.2, -0.15) is 0 Å². The molecule has 1 aliphatic heterocycles. The quantitative estimate of drug-likeness (QED) is 0.499. The molecule has 1 unspecified atom stereocenters. The molecule has 0 spiro atoms. The number of nitrogens with zero attached hydrogens (tertiary/aromatic N) is 1. The van der Waals surface area contributed by atoms with Crippen LogP contribution in [0.4, 0.5) is 37.7 Å². The van der Waals surface area contributed by atoms with Crippen LogP contribution in [0.25, 0.3) is 0 Å². The van der Waals surface area contributed by atoms with Crippen molar-refractivity contribution in [3.05, 3.63) is 47.3 Å². The van der Waals surface area contributed by atoms with Gasteiger partial charge in [-0.3, -0.25) is 9.59 Å². The zero-order valence-electron chi connectivity index (χ0n) is 19.2. The second kappa shape index (κ2) is 9.21. The summed E-state index contributed by atoms with van der Waals surface area (Å²) in [4.78, 5) is 26.4. The van der Waals surface area contributed by atoms with E-state index in [1.54, 1.807) is 0 Å². The van der Waals surface area contributed by atoms with E-state index in [4.69, 9.17) is 4.74 Å². The van der Waals surface area contributed by atoms with Gasteiger partial charge in [-0.15, -0.1) is 13.2 Å². The Bertz CT molecular complexity index is 1170. The third-order valence-corrected chi connectivity index (χ3v) is 6.01. The number of aryl methyl sites for hydroxylation is 1. The summed E-state index contributed by atoms with van der Waals surface area (Å²) in [5, 5.41) is 2.42. The molecule has 0 saturated heterocycles. The number of anilines is 2. The monoisotopic (exact) mass is 516 g/mol. The van der Waals surface area contributed by atoms with Crippen molar-refractivity contribution in [2.75, 3.05) is 10.2 Å². The largest absolute Gasteiger partial charge is 0.573 e. The summed E-state index contributed by atoms with van der Waals surface area (Å²) in [7, 11) is 0. The number of hydrogen-bond donors (Lipinski definition) is 1. The first-order valence-electron chi connectivity index (χ1n) is 11.1. The van der Waals surface area contributed by atoms with Gasteiger partial charge in [0.05, 0.1) is 17.9 Å². The fourth-order valence-corrected chi connectivity index (χ4v) is 4.30. The van der Waals surface area contributed by atoms with Crippen LogP contribution < -0.4 is 19.7 Å². The Morgan fingerprint density at radius 2 is 1.86 bits per heavy atom. The highest BCUT2D eigenvalue weighted by atomic mass is 19.4. The summed E-state index contributed by atoms with van der Waals surface area (Å²) in [6, 6.07) is 6.32. The number of nitrogens with one attached hydrogen (secondary N) is 1. The van der Waals surface area contributed by atoms with Gasteiger partial charge in [0.25, 0.3) is 5.91 Å². The van der Waals surface area contributed by atoms with Crippen LogP contribution >= 0.6 is 0 Å². The Labute approximate surface area is 202 Å². The Balaban J connectivity index is 1.55. The molecular formula is C24H22F6N2O4. The van der Waals surface area contributed by atoms with Crippen LogP contribution in [0.2, 0.25) is 0 Å². The molecule has 2 aliphatic rings. The molecule has 6 nitrogen and oxygen atoms in total. The molecule has 2 aromatic carbocycles. The van der Waals surface area contributed by atoms with Crippen LogP contribution in [0.1, 0.15) is 37.3 Å². The van der Waals surface area contributed by atoms with Gasteiger partial charge in [-0.25, -0.2) is 13.2 Å². The lowest BCUT2D eigenvalue weighted by molar-refractivity contribution is -0.274. The van der Waals surface area contributed by atoms with Crippen molar-refractivity contribution in [2.24, 2.45) is 5.92 Å². The zero-order chi connectivity index (χ0) is 26.4. The molecule has 1 aliphatic carbocycles. The number of fused-ring (bicyclic) bond motifs is 1. The zero-order valence-corrected chi connectivity index (χ0v) is 19.2. The number of carbonyl (C=O) groups is 2. The van der Waals surface area contributed by atoms with Crippen LogP contribution in [0.3, 0.4) is 0 Å². The average molecular weight is 516 g/mol. The van der Waals surface area contributed by atoms with Gasteiger partial charge in [0.1, 0.15) is 5.75 Å². The van der Waals surface area contributed by atoms with E-state index in [0.717, 1.165) is 12.1 Å². The Kier molecular flexibility index (Phi) is 6.56. The van der Waals surface area contributed by atoms with Gasteiger partial charge >= 0.3 is 6.36 Å². The van der Waals surface area contributed by atoms with E-state index in [-0.39, 0.29) is 35.7 Å². The van der Waals surface area contributed by atoms with Crippen molar-refractivity contribution < 1.29 is 45.4 Å². The number of ether oxygens (including phenoxy) is 2. The first kappa shape index (κ1) is 25.6. The second-order valence-electron chi connectivity index (χ2n) is 8.99. The number of carbonyl (C=O) groups excluding carboxylic acids is 2. The highest BCUT2D eigenvalue weighted by Crippen LogP contribution is 2.45. The summed E-state index contributed by atoms with van der Waals surface area (Å²) >= 11 is 0. The van der Waals surface area contributed by atoms with E-state index in [1.807, 2.05) is 0 Å². The number of halogens is 6. The molecule has 1 atom stereocenters. The lowest BCUT2D eigenvalue weighted by atomic mass is 9.79. The molecule has 1 N–H and O–H groups in total. The molecule has 2 aromatic rings. The molecule has 4 rings (SSSR count). The van der Waals surface area contributed by atoms with Crippen molar-refractivity contribution in [1.29, 1.82) is 0 Å². The molecule has 194 valence electrons. The molecule has 12 heteroatoms. The maximum atomic E-state index is 15.4. The standard InChI is InChI=1S/C24H22F6N2O4/c1-12-7-17-21(19(25)20(12)31-18(33)8-15-9-23(26,27)10-15)35-13(2)22(34)32(17)11-14-3-5-16(6-4-14)36-24(28,29)30/h3-7,13,15H,8-11H2,1-2H3,(H,31,33). The van der Waals surface area contributed by atoms with Crippen LogP contribution in [-0.4, -0.2) is 30.2 Å². The Hall–Kier alpha value is -3.44. The van der Waals surface area contributed by atoms with Crippen LogP contribution in [0.5, 0.6) is 11.5 Å². The average Bonchev–Trinajstić information content (AvgIpc) is 2.74. The first-order valence-corrected chi connectivity index (χ1v) is 11.1. The highest BCUT2D eigenvalue weighted by Gasteiger charge is 2.46. The van der Waals surface area contributed by atoms with E-state index < -0.39 is 60.5 Å². The Morgan fingerprint density at radius 3 is 2.44 bits per heavy atom.